The first-order valence-corrected chi connectivity index (χ1v) is 13.4. The van der Waals surface area contributed by atoms with E-state index in [9.17, 15) is 13.2 Å². The number of piperazine rings is 1. The predicted molar refractivity (Wildman–Crippen MR) is 129 cm³/mol. The van der Waals surface area contributed by atoms with Crippen molar-refractivity contribution in [3.05, 3.63) is 76.0 Å². The second kappa shape index (κ2) is 9.75. The summed E-state index contributed by atoms with van der Waals surface area (Å²) >= 11 is 1.68. The SMILES string of the molecule is O=C(c1cccc(S(=O)(=O)NCc2ccc3c(c2)OCO3)c1)N1CCN(Cc2ccsc2)CC1. The average molecular weight is 500 g/mol. The molecule has 0 spiro atoms. The van der Waals surface area contributed by atoms with Crippen LogP contribution in [0.2, 0.25) is 0 Å². The summed E-state index contributed by atoms with van der Waals surface area (Å²) in [6.45, 7) is 3.95. The van der Waals surface area contributed by atoms with Crippen LogP contribution in [0.4, 0.5) is 0 Å². The fourth-order valence-corrected chi connectivity index (χ4v) is 5.76. The van der Waals surface area contributed by atoms with Gasteiger partial charge in [-0.2, -0.15) is 11.3 Å². The van der Waals surface area contributed by atoms with Gasteiger partial charge in [0.1, 0.15) is 0 Å². The molecule has 5 rings (SSSR count). The molecule has 1 saturated heterocycles. The quantitative estimate of drug-likeness (QED) is 0.538. The Bertz CT molecular complexity index is 1270. The van der Waals surface area contributed by atoms with Crippen LogP contribution in [0.25, 0.3) is 0 Å². The van der Waals surface area contributed by atoms with Crippen LogP contribution in [0.5, 0.6) is 11.5 Å². The summed E-state index contributed by atoms with van der Waals surface area (Å²) in [5.41, 5.74) is 2.41. The number of ether oxygens (including phenoxy) is 2. The van der Waals surface area contributed by atoms with E-state index in [-0.39, 0.29) is 24.1 Å². The van der Waals surface area contributed by atoms with Gasteiger partial charge in [-0.15, -0.1) is 0 Å². The van der Waals surface area contributed by atoms with Gasteiger partial charge in [0.05, 0.1) is 4.90 Å². The van der Waals surface area contributed by atoms with Gasteiger partial charge in [-0.05, 0) is 58.3 Å². The number of carbonyl (C=O) groups excluding carboxylic acids is 1. The molecule has 34 heavy (non-hydrogen) atoms. The van der Waals surface area contributed by atoms with Crippen LogP contribution in [-0.2, 0) is 23.1 Å². The van der Waals surface area contributed by atoms with Crippen molar-refractivity contribution >= 4 is 27.3 Å². The molecular formula is C24H25N3O5S2. The number of benzene rings is 2. The van der Waals surface area contributed by atoms with E-state index in [1.165, 1.54) is 17.7 Å². The highest BCUT2D eigenvalue weighted by atomic mass is 32.2. The molecule has 3 aromatic rings. The third kappa shape index (κ3) is 5.10. The molecule has 0 radical (unpaired) electrons. The molecule has 0 bridgehead atoms. The molecule has 8 nitrogen and oxygen atoms in total. The third-order valence-electron chi connectivity index (χ3n) is 5.94. The first kappa shape index (κ1) is 22.9. The average Bonchev–Trinajstić information content (AvgIpc) is 3.55. The second-order valence-corrected chi connectivity index (χ2v) is 10.8. The minimum absolute atomic E-state index is 0.0650. The molecule has 1 fully saturated rings. The van der Waals surface area contributed by atoms with E-state index in [2.05, 4.69) is 26.4 Å². The monoisotopic (exact) mass is 499 g/mol. The lowest BCUT2D eigenvalue weighted by Gasteiger charge is -2.34. The van der Waals surface area contributed by atoms with E-state index in [0.717, 1.165) is 25.2 Å². The molecule has 1 amide bonds. The van der Waals surface area contributed by atoms with E-state index in [1.807, 2.05) is 0 Å². The van der Waals surface area contributed by atoms with Gasteiger partial charge in [0, 0.05) is 44.8 Å². The molecule has 2 aliphatic heterocycles. The zero-order chi connectivity index (χ0) is 23.5. The first-order chi connectivity index (χ1) is 16.5. The summed E-state index contributed by atoms with van der Waals surface area (Å²) in [5.74, 6) is 1.09. The molecule has 1 N–H and O–H groups in total. The molecular weight excluding hydrogens is 474 g/mol. The van der Waals surface area contributed by atoms with Crippen LogP contribution in [0, 0.1) is 0 Å². The summed E-state index contributed by atoms with van der Waals surface area (Å²) in [6, 6.07) is 13.6. The van der Waals surface area contributed by atoms with Gasteiger partial charge >= 0.3 is 0 Å². The summed E-state index contributed by atoms with van der Waals surface area (Å²) in [7, 11) is -3.80. The van der Waals surface area contributed by atoms with Crippen molar-refractivity contribution in [2.45, 2.75) is 18.0 Å². The van der Waals surface area contributed by atoms with Crippen molar-refractivity contribution in [1.82, 2.24) is 14.5 Å². The van der Waals surface area contributed by atoms with Gasteiger partial charge < -0.3 is 14.4 Å². The number of fused-ring (bicyclic) bond motifs is 1. The number of hydrogen-bond acceptors (Lipinski definition) is 7. The van der Waals surface area contributed by atoms with Gasteiger partial charge in [0.25, 0.3) is 5.91 Å². The lowest BCUT2D eigenvalue weighted by atomic mass is 10.1. The zero-order valence-electron chi connectivity index (χ0n) is 18.5. The summed E-state index contributed by atoms with van der Waals surface area (Å²) in [6.07, 6.45) is 0. The Morgan fingerprint density at radius 1 is 0.971 bits per heavy atom. The standard InChI is InChI=1S/C24H25N3O5S2/c28-24(27-9-7-26(8-10-27)15-19-6-11-33-16-19)20-2-1-3-21(13-20)34(29,30)25-14-18-4-5-22-23(12-18)32-17-31-22/h1-6,11-13,16,25H,7-10,14-15,17H2. The summed E-state index contributed by atoms with van der Waals surface area (Å²) in [5, 5.41) is 4.21. The summed E-state index contributed by atoms with van der Waals surface area (Å²) < 4.78 is 39.0. The molecule has 0 aliphatic carbocycles. The Morgan fingerprint density at radius 3 is 2.59 bits per heavy atom. The molecule has 0 unspecified atom stereocenters. The van der Waals surface area contributed by atoms with Crippen LogP contribution in [-0.4, -0.2) is 57.1 Å². The topological polar surface area (TPSA) is 88.2 Å². The van der Waals surface area contributed by atoms with E-state index < -0.39 is 10.0 Å². The maximum atomic E-state index is 13.1. The highest BCUT2D eigenvalue weighted by Crippen LogP contribution is 2.32. The number of sulfonamides is 1. The third-order valence-corrected chi connectivity index (χ3v) is 8.07. The van der Waals surface area contributed by atoms with Crippen molar-refractivity contribution in [1.29, 1.82) is 0 Å². The van der Waals surface area contributed by atoms with Crippen LogP contribution in [0.3, 0.4) is 0 Å². The van der Waals surface area contributed by atoms with E-state index in [1.54, 1.807) is 46.6 Å². The smallest absolute Gasteiger partial charge is 0.253 e. The molecule has 2 aromatic carbocycles. The molecule has 1 aromatic heterocycles. The number of nitrogens with zero attached hydrogens (tertiary/aromatic N) is 2. The highest BCUT2D eigenvalue weighted by Gasteiger charge is 2.24. The van der Waals surface area contributed by atoms with Crippen molar-refractivity contribution in [3.8, 4) is 11.5 Å². The van der Waals surface area contributed by atoms with Crippen molar-refractivity contribution in [3.63, 3.8) is 0 Å². The lowest BCUT2D eigenvalue weighted by Crippen LogP contribution is -2.48. The number of hydrogen-bond donors (Lipinski definition) is 1. The Morgan fingerprint density at radius 2 is 1.79 bits per heavy atom. The predicted octanol–water partition coefficient (Wildman–Crippen LogP) is 2.91. The van der Waals surface area contributed by atoms with Gasteiger partial charge in [-0.1, -0.05) is 12.1 Å². The van der Waals surface area contributed by atoms with Crippen LogP contribution < -0.4 is 14.2 Å². The molecule has 0 atom stereocenters. The minimum Gasteiger partial charge on any atom is -0.454 e. The Balaban J connectivity index is 1.20. The molecule has 0 saturated carbocycles. The number of thiophene rings is 1. The van der Waals surface area contributed by atoms with Gasteiger partial charge in [0.2, 0.25) is 16.8 Å². The Hall–Kier alpha value is -2.92. The first-order valence-electron chi connectivity index (χ1n) is 11.0. The van der Waals surface area contributed by atoms with Gasteiger partial charge in [0.15, 0.2) is 11.5 Å². The number of nitrogens with one attached hydrogen (secondary N) is 1. The van der Waals surface area contributed by atoms with E-state index in [4.69, 9.17) is 9.47 Å². The maximum absolute atomic E-state index is 13.1. The zero-order valence-corrected chi connectivity index (χ0v) is 20.1. The van der Waals surface area contributed by atoms with Crippen molar-refractivity contribution in [2.24, 2.45) is 0 Å². The maximum Gasteiger partial charge on any atom is 0.253 e. The molecule has 178 valence electrons. The number of carbonyl (C=O) groups is 1. The highest BCUT2D eigenvalue weighted by molar-refractivity contribution is 7.89. The second-order valence-electron chi connectivity index (χ2n) is 8.24. The fourth-order valence-electron chi connectivity index (χ4n) is 4.04. The Labute approximate surface area is 202 Å². The largest absolute Gasteiger partial charge is 0.454 e. The number of rotatable bonds is 7. The lowest BCUT2D eigenvalue weighted by molar-refractivity contribution is 0.0628. The number of amides is 1. The van der Waals surface area contributed by atoms with Crippen molar-refractivity contribution in [2.75, 3.05) is 33.0 Å². The van der Waals surface area contributed by atoms with Crippen LogP contribution in [0.15, 0.2) is 64.2 Å². The molecule has 3 heterocycles. The molecule has 2 aliphatic rings. The minimum atomic E-state index is -3.80. The van der Waals surface area contributed by atoms with Gasteiger partial charge in [-0.25, -0.2) is 13.1 Å². The Kier molecular flexibility index (Phi) is 6.55. The van der Waals surface area contributed by atoms with E-state index in [0.29, 0.717) is 30.2 Å². The van der Waals surface area contributed by atoms with Crippen molar-refractivity contribution < 1.29 is 22.7 Å². The van der Waals surface area contributed by atoms with E-state index >= 15 is 0 Å². The van der Waals surface area contributed by atoms with Crippen LogP contribution in [0.1, 0.15) is 21.5 Å². The molecule has 10 heteroatoms. The fraction of sp³-hybridized carbons (Fsp3) is 0.292. The van der Waals surface area contributed by atoms with Crippen LogP contribution >= 0.6 is 11.3 Å². The normalized spacial score (nSPS) is 16.1. The van der Waals surface area contributed by atoms with Gasteiger partial charge in [-0.3, -0.25) is 9.69 Å². The summed E-state index contributed by atoms with van der Waals surface area (Å²) in [4.78, 5) is 17.2.